The van der Waals surface area contributed by atoms with Crippen molar-refractivity contribution in [3.05, 3.63) is 78.2 Å². The van der Waals surface area contributed by atoms with E-state index in [1.54, 1.807) is 12.4 Å². The Kier molecular flexibility index (Phi) is 4.19. The van der Waals surface area contributed by atoms with Gasteiger partial charge in [-0.2, -0.15) is 0 Å². The van der Waals surface area contributed by atoms with Crippen LogP contribution < -0.4 is 5.73 Å². The Labute approximate surface area is 159 Å². The largest absolute Gasteiger partial charge is 0.368 e. The lowest BCUT2D eigenvalue weighted by Gasteiger charge is -2.35. The maximum atomic E-state index is 5.59. The summed E-state index contributed by atoms with van der Waals surface area (Å²) in [6.07, 6.45) is 5.68. The highest BCUT2D eigenvalue weighted by Gasteiger charge is 2.34. The smallest absolute Gasteiger partial charge is 0.219 e. The molecule has 136 valence electrons. The van der Waals surface area contributed by atoms with Gasteiger partial charge in [0, 0.05) is 40.5 Å². The molecular weight excluding hydrogens is 332 g/mol. The first-order chi connectivity index (χ1) is 13.0. The normalized spacial score (nSPS) is 13.8. The average molecular weight is 356 g/mol. The molecule has 27 heavy (non-hydrogen) atoms. The molecular formula is C23H24N4. The van der Waals surface area contributed by atoms with Crippen LogP contribution in [0.25, 0.3) is 22.0 Å². The lowest BCUT2D eigenvalue weighted by molar-refractivity contribution is 0.408. The summed E-state index contributed by atoms with van der Waals surface area (Å²) in [7, 11) is 0. The van der Waals surface area contributed by atoms with Gasteiger partial charge in [0.2, 0.25) is 5.95 Å². The van der Waals surface area contributed by atoms with Crippen LogP contribution in [-0.2, 0) is 5.41 Å². The highest BCUT2D eigenvalue weighted by atomic mass is 15.0. The summed E-state index contributed by atoms with van der Waals surface area (Å²) < 4.78 is 0. The maximum Gasteiger partial charge on any atom is 0.219 e. The third-order valence-corrected chi connectivity index (χ3v) is 5.79. The molecule has 4 heteroatoms. The molecule has 2 heterocycles. The summed E-state index contributed by atoms with van der Waals surface area (Å²) in [6.45, 7) is 6.89. The van der Waals surface area contributed by atoms with Crippen LogP contribution in [0.5, 0.6) is 0 Å². The standard InChI is InChI=1S/C23H24N4/c1-15(2)23(3,20-14-25-21-7-5-4-6-19(20)21)18-10-8-16(9-11-18)17-12-26-22(24)27-13-17/h4-15,25H,1-3H3,(H2,24,26,27). The molecule has 0 amide bonds. The van der Waals surface area contributed by atoms with Gasteiger partial charge in [-0.1, -0.05) is 63.2 Å². The molecule has 0 bridgehead atoms. The molecule has 0 aliphatic rings. The van der Waals surface area contributed by atoms with Crippen LogP contribution in [0.15, 0.2) is 67.1 Å². The minimum Gasteiger partial charge on any atom is -0.368 e. The van der Waals surface area contributed by atoms with Crippen molar-refractivity contribution in [2.45, 2.75) is 26.2 Å². The number of H-pyrrole nitrogens is 1. The van der Waals surface area contributed by atoms with Crippen LogP contribution in [0, 0.1) is 5.92 Å². The van der Waals surface area contributed by atoms with E-state index in [9.17, 15) is 0 Å². The molecule has 4 rings (SSSR count). The molecule has 0 aliphatic carbocycles. The predicted octanol–water partition coefficient (Wildman–Crippen LogP) is 5.17. The fourth-order valence-electron chi connectivity index (χ4n) is 3.80. The first kappa shape index (κ1) is 17.3. The van der Waals surface area contributed by atoms with Crippen molar-refractivity contribution in [1.29, 1.82) is 0 Å². The number of hydrogen-bond donors (Lipinski definition) is 2. The molecule has 1 unspecified atom stereocenters. The molecule has 1 atom stereocenters. The van der Waals surface area contributed by atoms with Gasteiger partial charge in [-0.15, -0.1) is 0 Å². The van der Waals surface area contributed by atoms with E-state index in [2.05, 4.69) is 90.5 Å². The molecule has 2 aromatic carbocycles. The number of fused-ring (bicyclic) bond motifs is 1. The number of aromatic amines is 1. The Bertz CT molecular complexity index is 1060. The quantitative estimate of drug-likeness (QED) is 0.530. The van der Waals surface area contributed by atoms with Crippen molar-refractivity contribution in [2.75, 3.05) is 5.73 Å². The van der Waals surface area contributed by atoms with E-state index in [4.69, 9.17) is 5.73 Å². The number of nitrogens with zero attached hydrogens (tertiary/aromatic N) is 2. The summed E-state index contributed by atoms with van der Waals surface area (Å²) >= 11 is 0. The van der Waals surface area contributed by atoms with E-state index >= 15 is 0 Å². The third kappa shape index (κ3) is 2.87. The van der Waals surface area contributed by atoms with Gasteiger partial charge in [-0.25, -0.2) is 9.97 Å². The topological polar surface area (TPSA) is 67.6 Å². The van der Waals surface area contributed by atoms with Gasteiger partial charge in [0.15, 0.2) is 0 Å². The lowest BCUT2D eigenvalue weighted by Crippen LogP contribution is -2.29. The third-order valence-electron chi connectivity index (χ3n) is 5.79. The molecule has 0 aliphatic heterocycles. The van der Waals surface area contributed by atoms with Crippen molar-refractivity contribution in [3.8, 4) is 11.1 Å². The molecule has 2 aromatic heterocycles. The number of hydrogen-bond acceptors (Lipinski definition) is 3. The molecule has 0 radical (unpaired) electrons. The van der Waals surface area contributed by atoms with Crippen molar-refractivity contribution < 1.29 is 0 Å². The first-order valence-corrected chi connectivity index (χ1v) is 9.25. The maximum absolute atomic E-state index is 5.59. The molecule has 4 nitrogen and oxygen atoms in total. The van der Waals surface area contributed by atoms with E-state index in [0.29, 0.717) is 11.9 Å². The van der Waals surface area contributed by atoms with Gasteiger partial charge in [0.25, 0.3) is 0 Å². The van der Waals surface area contributed by atoms with E-state index in [1.165, 1.54) is 22.0 Å². The minimum atomic E-state index is -0.101. The SMILES string of the molecule is CC(C)C(C)(c1ccc(-c2cnc(N)nc2)cc1)c1c[nH]c2ccccc12. The zero-order valence-electron chi connectivity index (χ0n) is 15.9. The summed E-state index contributed by atoms with van der Waals surface area (Å²) in [5.41, 5.74) is 11.3. The summed E-state index contributed by atoms with van der Waals surface area (Å²) in [5.74, 6) is 0.726. The monoisotopic (exact) mass is 356 g/mol. The predicted molar refractivity (Wildman–Crippen MR) is 111 cm³/mol. The second-order valence-electron chi connectivity index (χ2n) is 7.51. The Morgan fingerprint density at radius 1 is 0.926 bits per heavy atom. The first-order valence-electron chi connectivity index (χ1n) is 9.25. The molecule has 0 fully saturated rings. The van der Waals surface area contributed by atoms with Crippen molar-refractivity contribution in [3.63, 3.8) is 0 Å². The fourth-order valence-corrected chi connectivity index (χ4v) is 3.80. The molecule has 0 spiro atoms. The second-order valence-corrected chi connectivity index (χ2v) is 7.51. The highest BCUT2D eigenvalue weighted by molar-refractivity contribution is 5.85. The van der Waals surface area contributed by atoms with E-state index < -0.39 is 0 Å². The zero-order chi connectivity index (χ0) is 19.0. The van der Waals surface area contributed by atoms with Gasteiger partial charge in [0.05, 0.1) is 0 Å². The number of nitrogen functional groups attached to an aromatic ring is 1. The number of rotatable bonds is 4. The summed E-state index contributed by atoms with van der Waals surface area (Å²) in [4.78, 5) is 11.6. The number of nitrogens with two attached hydrogens (primary N) is 1. The van der Waals surface area contributed by atoms with Gasteiger partial charge >= 0.3 is 0 Å². The van der Waals surface area contributed by atoms with E-state index in [0.717, 1.165) is 11.1 Å². The summed E-state index contributed by atoms with van der Waals surface area (Å²) in [5, 5.41) is 1.28. The van der Waals surface area contributed by atoms with Crippen LogP contribution >= 0.6 is 0 Å². The minimum absolute atomic E-state index is 0.101. The van der Waals surface area contributed by atoms with Crippen molar-refractivity contribution in [2.24, 2.45) is 5.92 Å². The molecule has 0 saturated carbocycles. The lowest BCUT2D eigenvalue weighted by atomic mass is 9.68. The Balaban J connectivity index is 1.79. The second kappa shape index (κ2) is 6.54. The number of aromatic nitrogens is 3. The number of para-hydroxylation sites is 1. The average Bonchev–Trinajstić information content (AvgIpc) is 3.12. The number of nitrogens with one attached hydrogen (secondary N) is 1. The van der Waals surface area contributed by atoms with E-state index in [-0.39, 0.29) is 5.41 Å². The Hall–Kier alpha value is -3.14. The Morgan fingerprint density at radius 2 is 1.59 bits per heavy atom. The van der Waals surface area contributed by atoms with Crippen LogP contribution in [0.1, 0.15) is 31.9 Å². The number of anilines is 1. The van der Waals surface area contributed by atoms with Crippen LogP contribution in [0.4, 0.5) is 5.95 Å². The Morgan fingerprint density at radius 3 is 2.26 bits per heavy atom. The van der Waals surface area contributed by atoms with Gasteiger partial charge in [0.1, 0.15) is 0 Å². The van der Waals surface area contributed by atoms with Gasteiger partial charge in [-0.05, 0) is 28.7 Å². The highest BCUT2D eigenvalue weighted by Crippen LogP contribution is 2.42. The van der Waals surface area contributed by atoms with Gasteiger partial charge < -0.3 is 10.7 Å². The molecule has 3 N–H and O–H groups in total. The fraction of sp³-hybridized carbons (Fsp3) is 0.217. The van der Waals surface area contributed by atoms with Crippen molar-refractivity contribution >= 4 is 16.9 Å². The molecule has 0 saturated heterocycles. The number of benzene rings is 2. The van der Waals surface area contributed by atoms with Crippen LogP contribution in [0.2, 0.25) is 0 Å². The van der Waals surface area contributed by atoms with E-state index in [1.807, 2.05) is 0 Å². The zero-order valence-corrected chi connectivity index (χ0v) is 15.9. The van der Waals surface area contributed by atoms with Crippen molar-refractivity contribution in [1.82, 2.24) is 15.0 Å². The van der Waals surface area contributed by atoms with Crippen LogP contribution in [0.3, 0.4) is 0 Å². The molecule has 4 aromatic rings. The van der Waals surface area contributed by atoms with Gasteiger partial charge in [-0.3, -0.25) is 0 Å². The summed E-state index contributed by atoms with van der Waals surface area (Å²) in [6, 6.07) is 17.2. The van der Waals surface area contributed by atoms with Crippen LogP contribution in [-0.4, -0.2) is 15.0 Å².